The number of ether oxygens (including phenoxy) is 1. The van der Waals surface area contributed by atoms with Gasteiger partial charge in [0.05, 0.1) is 11.5 Å². The molecule has 1 aliphatic heterocycles. The van der Waals surface area contributed by atoms with Crippen molar-refractivity contribution in [2.45, 2.75) is 30.7 Å². The number of hydrogen-bond acceptors (Lipinski definition) is 4. The summed E-state index contributed by atoms with van der Waals surface area (Å²) in [7, 11) is -3.61. The molecule has 0 spiro atoms. The number of hydrogen-bond donors (Lipinski definition) is 1. The Balaban J connectivity index is 1.58. The second kappa shape index (κ2) is 8.94. The zero-order valence-corrected chi connectivity index (χ0v) is 17.2. The smallest absolute Gasteiger partial charge is 0.253 e. The van der Waals surface area contributed by atoms with E-state index >= 15 is 0 Å². The number of benzene rings is 2. The van der Waals surface area contributed by atoms with Gasteiger partial charge in [0.1, 0.15) is 5.75 Å². The van der Waals surface area contributed by atoms with E-state index in [1.807, 2.05) is 6.92 Å². The average Bonchev–Trinajstić information content (AvgIpc) is 2.68. The highest BCUT2D eigenvalue weighted by Gasteiger charge is 2.27. The number of sulfonamides is 1. The Morgan fingerprint density at radius 2 is 1.86 bits per heavy atom. The molecule has 28 heavy (non-hydrogen) atoms. The van der Waals surface area contributed by atoms with Crippen molar-refractivity contribution in [1.82, 2.24) is 9.62 Å². The minimum absolute atomic E-state index is 0.0877. The maximum atomic E-state index is 12.6. The molecule has 8 heteroatoms. The fourth-order valence-corrected chi connectivity index (χ4v) is 4.67. The van der Waals surface area contributed by atoms with Gasteiger partial charge in [-0.15, -0.1) is 0 Å². The van der Waals surface area contributed by atoms with Gasteiger partial charge < -0.3 is 9.64 Å². The lowest BCUT2D eigenvalue weighted by Gasteiger charge is -2.32. The van der Waals surface area contributed by atoms with Gasteiger partial charge in [-0.05, 0) is 62.2 Å². The van der Waals surface area contributed by atoms with Gasteiger partial charge in [0.2, 0.25) is 10.0 Å². The number of likely N-dealkylation sites (tertiary alicyclic amines) is 1. The van der Waals surface area contributed by atoms with E-state index in [1.165, 1.54) is 12.1 Å². The van der Waals surface area contributed by atoms with E-state index in [-0.39, 0.29) is 16.8 Å². The number of carbonyl (C=O) groups is 1. The Morgan fingerprint density at radius 3 is 2.46 bits per heavy atom. The van der Waals surface area contributed by atoms with Gasteiger partial charge in [-0.25, -0.2) is 13.1 Å². The number of nitrogens with one attached hydrogen (secondary N) is 1. The summed E-state index contributed by atoms with van der Waals surface area (Å²) in [5, 5.41) is 0.517. The molecule has 3 rings (SSSR count). The predicted molar refractivity (Wildman–Crippen MR) is 108 cm³/mol. The van der Waals surface area contributed by atoms with Crippen LogP contribution in [0.3, 0.4) is 0 Å². The third kappa shape index (κ3) is 5.04. The molecule has 0 aromatic heterocycles. The highest BCUT2D eigenvalue weighted by molar-refractivity contribution is 7.89. The van der Waals surface area contributed by atoms with Crippen LogP contribution in [-0.4, -0.2) is 45.0 Å². The van der Waals surface area contributed by atoms with Crippen LogP contribution in [0.25, 0.3) is 0 Å². The number of nitrogens with zero attached hydrogens (tertiary/aromatic N) is 1. The van der Waals surface area contributed by atoms with Crippen LogP contribution in [0.5, 0.6) is 5.75 Å². The van der Waals surface area contributed by atoms with Crippen LogP contribution in [-0.2, 0) is 10.0 Å². The zero-order chi connectivity index (χ0) is 20.1. The van der Waals surface area contributed by atoms with Crippen LogP contribution in [0.1, 0.15) is 30.1 Å². The normalized spacial score (nSPS) is 15.4. The lowest BCUT2D eigenvalue weighted by molar-refractivity contribution is 0.0711. The van der Waals surface area contributed by atoms with Gasteiger partial charge in [-0.1, -0.05) is 17.7 Å². The van der Waals surface area contributed by atoms with Crippen LogP contribution >= 0.6 is 11.6 Å². The lowest BCUT2D eigenvalue weighted by atomic mass is 10.0. The van der Waals surface area contributed by atoms with Crippen LogP contribution in [0.4, 0.5) is 0 Å². The SMILES string of the molecule is CCOc1ccc(S(=O)(=O)NC2CCN(C(=O)c3cccc(Cl)c3)CC2)cc1. The number of piperidine rings is 1. The molecule has 1 N–H and O–H groups in total. The number of carbonyl (C=O) groups excluding carboxylic acids is 1. The average molecular weight is 423 g/mol. The molecule has 0 unspecified atom stereocenters. The van der Waals surface area contributed by atoms with E-state index in [0.717, 1.165) is 0 Å². The van der Waals surface area contributed by atoms with Crippen molar-refractivity contribution >= 4 is 27.5 Å². The minimum atomic E-state index is -3.61. The van der Waals surface area contributed by atoms with Gasteiger partial charge in [0, 0.05) is 29.7 Å². The topological polar surface area (TPSA) is 75.7 Å². The molecule has 0 bridgehead atoms. The monoisotopic (exact) mass is 422 g/mol. The van der Waals surface area contributed by atoms with Gasteiger partial charge in [0.25, 0.3) is 5.91 Å². The third-order valence-corrected chi connectivity index (χ3v) is 6.39. The second-order valence-corrected chi connectivity index (χ2v) is 8.75. The summed E-state index contributed by atoms with van der Waals surface area (Å²) in [5.74, 6) is 0.546. The van der Waals surface area contributed by atoms with Crippen molar-refractivity contribution < 1.29 is 17.9 Å². The Bertz CT molecular complexity index is 923. The van der Waals surface area contributed by atoms with Crippen molar-refractivity contribution in [2.24, 2.45) is 0 Å². The van der Waals surface area contributed by atoms with Crippen molar-refractivity contribution in [1.29, 1.82) is 0 Å². The summed E-state index contributed by atoms with van der Waals surface area (Å²) in [6.07, 6.45) is 1.12. The number of amides is 1. The molecule has 6 nitrogen and oxygen atoms in total. The molecular weight excluding hydrogens is 400 g/mol. The maximum Gasteiger partial charge on any atom is 0.253 e. The van der Waals surface area contributed by atoms with E-state index in [4.69, 9.17) is 16.3 Å². The Kier molecular flexibility index (Phi) is 6.59. The van der Waals surface area contributed by atoms with E-state index in [1.54, 1.807) is 41.3 Å². The standard InChI is InChI=1S/C20H23ClN2O4S/c1-2-27-18-6-8-19(9-7-18)28(25,26)22-17-10-12-23(13-11-17)20(24)15-4-3-5-16(21)14-15/h3-9,14,17,22H,2,10-13H2,1H3. The first kappa shape index (κ1) is 20.6. The molecule has 0 saturated carbocycles. The van der Waals surface area contributed by atoms with E-state index in [2.05, 4.69) is 4.72 Å². The Morgan fingerprint density at radius 1 is 1.18 bits per heavy atom. The highest BCUT2D eigenvalue weighted by Crippen LogP contribution is 2.20. The third-order valence-electron chi connectivity index (χ3n) is 4.62. The summed E-state index contributed by atoms with van der Waals surface area (Å²) in [6.45, 7) is 3.37. The summed E-state index contributed by atoms with van der Waals surface area (Å²) < 4.78 is 33.3. The molecule has 2 aromatic rings. The summed E-state index contributed by atoms with van der Waals surface area (Å²) in [5.41, 5.74) is 0.543. The highest BCUT2D eigenvalue weighted by atomic mass is 35.5. The maximum absolute atomic E-state index is 12.6. The van der Waals surface area contributed by atoms with Crippen molar-refractivity contribution in [3.8, 4) is 5.75 Å². The minimum Gasteiger partial charge on any atom is -0.494 e. The molecule has 2 aromatic carbocycles. The van der Waals surface area contributed by atoms with Crippen LogP contribution < -0.4 is 9.46 Å². The predicted octanol–water partition coefficient (Wildman–Crippen LogP) is 3.32. The number of rotatable bonds is 6. The van der Waals surface area contributed by atoms with Crippen LogP contribution in [0.2, 0.25) is 5.02 Å². The summed E-state index contributed by atoms with van der Waals surface area (Å²) in [6, 6.07) is 13.0. The summed E-state index contributed by atoms with van der Waals surface area (Å²) >= 11 is 5.95. The molecule has 150 valence electrons. The molecule has 0 atom stereocenters. The zero-order valence-electron chi connectivity index (χ0n) is 15.6. The van der Waals surface area contributed by atoms with Crippen LogP contribution in [0, 0.1) is 0 Å². The van der Waals surface area contributed by atoms with Crippen LogP contribution in [0.15, 0.2) is 53.4 Å². The lowest BCUT2D eigenvalue weighted by Crippen LogP contribution is -2.46. The Labute approximate surface area is 170 Å². The quantitative estimate of drug-likeness (QED) is 0.774. The molecule has 1 heterocycles. The molecule has 0 aliphatic carbocycles. The fourth-order valence-electron chi connectivity index (χ4n) is 3.17. The van der Waals surface area contributed by atoms with Crippen molar-refractivity contribution in [2.75, 3.05) is 19.7 Å². The molecule has 0 radical (unpaired) electrons. The first-order chi connectivity index (χ1) is 13.4. The largest absolute Gasteiger partial charge is 0.494 e. The first-order valence-corrected chi connectivity index (χ1v) is 11.0. The first-order valence-electron chi connectivity index (χ1n) is 9.19. The van der Waals surface area contributed by atoms with Gasteiger partial charge in [0.15, 0.2) is 0 Å². The Hall–Kier alpha value is -2.09. The molecule has 1 saturated heterocycles. The van der Waals surface area contributed by atoms with Gasteiger partial charge in [-0.3, -0.25) is 4.79 Å². The second-order valence-electron chi connectivity index (χ2n) is 6.60. The van der Waals surface area contributed by atoms with Gasteiger partial charge in [-0.2, -0.15) is 0 Å². The molecular formula is C20H23ClN2O4S. The van der Waals surface area contributed by atoms with E-state index in [0.29, 0.717) is 48.9 Å². The van der Waals surface area contributed by atoms with Gasteiger partial charge >= 0.3 is 0 Å². The fraction of sp³-hybridized carbons (Fsp3) is 0.350. The molecule has 1 fully saturated rings. The molecule has 1 amide bonds. The van der Waals surface area contributed by atoms with E-state index < -0.39 is 10.0 Å². The van der Waals surface area contributed by atoms with E-state index in [9.17, 15) is 13.2 Å². The number of halogens is 1. The summed E-state index contributed by atoms with van der Waals surface area (Å²) in [4.78, 5) is 14.5. The molecule has 1 aliphatic rings. The van der Waals surface area contributed by atoms with Crippen molar-refractivity contribution in [3.05, 3.63) is 59.1 Å². The van der Waals surface area contributed by atoms with Crippen molar-refractivity contribution in [3.63, 3.8) is 0 Å².